The Morgan fingerprint density at radius 3 is 1.72 bits per heavy atom. The maximum Gasteiger partial charge on any atom is 0.159 e. The Balaban J connectivity index is 1.13. The van der Waals surface area contributed by atoms with Gasteiger partial charge in [-0.2, -0.15) is 0 Å². The molecule has 1 aromatic heterocycles. The molecule has 0 spiro atoms. The van der Waals surface area contributed by atoms with Crippen LogP contribution < -0.4 is 4.90 Å². The van der Waals surface area contributed by atoms with Crippen molar-refractivity contribution in [2.45, 2.75) is 0 Å². The van der Waals surface area contributed by atoms with E-state index in [4.69, 9.17) is 4.42 Å². The van der Waals surface area contributed by atoms with Gasteiger partial charge in [0, 0.05) is 22.1 Å². The molecule has 0 N–H and O–H groups in total. The molecule has 0 aliphatic heterocycles. The Kier molecular flexibility index (Phi) is 7.66. The first-order valence-electron chi connectivity index (χ1n) is 18.4. The van der Waals surface area contributed by atoms with E-state index in [1.807, 2.05) is 24.3 Å². The molecule has 54 heavy (non-hydrogen) atoms. The van der Waals surface area contributed by atoms with Gasteiger partial charge >= 0.3 is 0 Å². The van der Waals surface area contributed by atoms with Gasteiger partial charge in [0.15, 0.2) is 5.58 Å². The molecule has 10 aromatic rings. The Morgan fingerprint density at radius 1 is 0.444 bits per heavy atom. The molecule has 2 nitrogen and oxygen atoms in total. The number of anilines is 3. The van der Waals surface area contributed by atoms with Crippen LogP contribution in [0, 0.1) is 0 Å². The third kappa shape index (κ3) is 5.36. The second-order valence-corrected chi connectivity index (χ2v) is 13.8. The monoisotopic (exact) mass is 689 g/mol. The van der Waals surface area contributed by atoms with Gasteiger partial charge < -0.3 is 9.32 Å². The van der Waals surface area contributed by atoms with E-state index in [1.54, 1.807) is 0 Å². The largest absolute Gasteiger partial charge is 0.454 e. The summed E-state index contributed by atoms with van der Waals surface area (Å²) in [7, 11) is 0. The summed E-state index contributed by atoms with van der Waals surface area (Å²) in [5.41, 5.74) is 10.7. The molecule has 0 saturated heterocycles. The lowest BCUT2D eigenvalue weighted by atomic mass is 9.93. The minimum Gasteiger partial charge on any atom is -0.454 e. The fourth-order valence-corrected chi connectivity index (χ4v) is 8.03. The highest BCUT2D eigenvalue weighted by atomic mass is 16.3. The highest BCUT2D eigenvalue weighted by Crippen LogP contribution is 2.44. The number of hydrogen-bond donors (Lipinski definition) is 0. The Morgan fingerprint density at radius 2 is 1.00 bits per heavy atom. The predicted molar refractivity (Wildman–Crippen MR) is 231 cm³/mol. The van der Waals surface area contributed by atoms with E-state index in [0.717, 1.165) is 50.1 Å². The van der Waals surface area contributed by atoms with Crippen molar-refractivity contribution in [2.24, 2.45) is 0 Å². The van der Waals surface area contributed by atoms with Crippen molar-refractivity contribution in [3.63, 3.8) is 0 Å². The van der Waals surface area contributed by atoms with Crippen molar-refractivity contribution in [1.29, 1.82) is 0 Å². The van der Waals surface area contributed by atoms with Crippen LogP contribution in [-0.2, 0) is 0 Å². The SMILES string of the molecule is C=C/C=C\c1cc2ccccc2cc1-c1ccc(N(c2ccc(-c3cc4ccccc4c4ccccc34)cc2)c2cccc3c2oc2ccccc23)cc1. The summed E-state index contributed by atoms with van der Waals surface area (Å²) >= 11 is 0. The van der Waals surface area contributed by atoms with E-state index >= 15 is 0 Å². The molecule has 0 radical (unpaired) electrons. The minimum atomic E-state index is 0.860. The summed E-state index contributed by atoms with van der Waals surface area (Å²) in [5.74, 6) is 0. The van der Waals surface area contributed by atoms with Gasteiger partial charge in [-0.15, -0.1) is 0 Å². The number of furan rings is 1. The second kappa shape index (κ2) is 13.1. The fraction of sp³-hybridized carbons (Fsp3) is 0. The van der Waals surface area contributed by atoms with E-state index in [-0.39, 0.29) is 0 Å². The van der Waals surface area contributed by atoms with Crippen LogP contribution in [0.4, 0.5) is 17.1 Å². The minimum absolute atomic E-state index is 0.860. The fourth-order valence-electron chi connectivity index (χ4n) is 8.03. The molecular formula is C52H35NO. The lowest BCUT2D eigenvalue weighted by Crippen LogP contribution is -2.10. The van der Waals surface area contributed by atoms with Crippen LogP contribution in [0.15, 0.2) is 205 Å². The second-order valence-electron chi connectivity index (χ2n) is 13.8. The molecule has 0 aliphatic rings. The van der Waals surface area contributed by atoms with Gasteiger partial charge in [-0.3, -0.25) is 0 Å². The van der Waals surface area contributed by atoms with Gasteiger partial charge in [0.25, 0.3) is 0 Å². The summed E-state index contributed by atoms with van der Waals surface area (Å²) in [6, 6.07) is 65.3. The lowest BCUT2D eigenvalue weighted by molar-refractivity contribution is 0.669. The van der Waals surface area contributed by atoms with Crippen molar-refractivity contribution >= 4 is 77.4 Å². The van der Waals surface area contributed by atoms with Crippen LogP contribution in [0.5, 0.6) is 0 Å². The first kappa shape index (κ1) is 31.6. The number of fused-ring (bicyclic) bond motifs is 7. The van der Waals surface area contributed by atoms with Crippen molar-refractivity contribution in [3.8, 4) is 22.3 Å². The number of rotatable bonds is 7. The molecular weight excluding hydrogens is 655 g/mol. The van der Waals surface area contributed by atoms with E-state index in [0.29, 0.717) is 0 Å². The first-order valence-corrected chi connectivity index (χ1v) is 18.4. The third-order valence-corrected chi connectivity index (χ3v) is 10.6. The Bertz CT molecular complexity index is 3060. The number of benzene rings is 9. The lowest BCUT2D eigenvalue weighted by Gasteiger charge is -2.26. The van der Waals surface area contributed by atoms with Crippen molar-refractivity contribution in [2.75, 3.05) is 4.90 Å². The molecule has 0 fully saturated rings. The summed E-state index contributed by atoms with van der Waals surface area (Å²) < 4.78 is 6.62. The van der Waals surface area contributed by atoms with Gasteiger partial charge in [-0.05, 0) is 115 Å². The topological polar surface area (TPSA) is 16.4 Å². The third-order valence-electron chi connectivity index (χ3n) is 10.6. The summed E-state index contributed by atoms with van der Waals surface area (Å²) in [5, 5.41) is 9.66. The molecule has 2 heteroatoms. The van der Waals surface area contributed by atoms with E-state index in [1.165, 1.54) is 49.0 Å². The molecule has 0 amide bonds. The van der Waals surface area contributed by atoms with E-state index in [2.05, 4.69) is 187 Å². The van der Waals surface area contributed by atoms with Gasteiger partial charge in [0.2, 0.25) is 0 Å². The molecule has 0 atom stereocenters. The zero-order valence-electron chi connectivity index (χ0n) is 29.6. The predicted octanol–water partition coefficient (Wildman–Crippen LogP) is 15.0. The molecule has 0 bridgehead atoms. The van der Waals surface area contributed by atoms with E-state index < -0.39 is 0 Å². The molecule has 254 valence electrons. The number of nitrogens with zero attached hydrogens (tertiary/aromatic N) is 1. The Labute approximate surface area is 314 Å². The number of allylic oxidation sites excluding steroid dienone is 2. The van der Waals surface area contributed by atoms with Gasteiger partial charge in [-0.25, -0.2) is 0 Å². The van der Waals surface area contributed by atoms with Gasteiger partial charge in [0.05, 0.1) is 5.69 Å². The molecule has 9 aromatic carbocycles. The number of para-hydroxylation sites is 2. The van der Waals surface area contributed by atoms with Crippen LogP contribution in [0.25, 0.3) is 82.6 Å². The zero-order valence-corrected chi connectivity index (χ0v) is 29.6. The standard InChI is InChI=1S/C52H35NO/c1-2-3-13-39-32-37-14-4-5-15-38(37)33-48(39)35-24-28-41(29-25-35)53(50-22-12-21-47-46-20-10-11-23-51(46)54-52(47)50)42-30-26-36(27-31-42)49-34-40-16-6-7-17-43(40)44-18-8-9-19-45(44)49/h2-34H,1H2/b13-3-. The summed E-state index contributed by atoms with van der Waals surface area (Å²) in [6.07, 6.45) is 5.96. The van der Waals surface area contributed by atoms with Gasteiger partial charge in [-0.1, -0.05) is 152 Å². The molecule has 0 aliphatic carbocycles. The molecule has 0 unspecified atom stereocenters. The van der Waals surface area contributed by atoms with E-state index in [9.17, 15) is 0 Å². The molecule has 10 rings (SSSR count). The molecule has 1 heterocycles. The summed E-state index contributed by atoms with van der Waals surface area (Å²) in [6.45, 7) is 3.91. The maximum absolute atomic E-state index is 6.62. The number of hydrogen-bond acceptors (Lipinski definition) is 2. The summed E-state index contributed by atoms with van der Waals surface area (Å²) in [4.78, 5) is 2.32. The smallest absolute Gasteiger partial charge is 0.159 e. The Hall–Kier alpha value is -7.16. The zero-order chi connectivity index (χ0) is 36.0. The van der Waals surface area contributed by atoms with Crippen LogP contribution >= 0.6 is 0 Å². The van der Waals surface area contributed by atoms with Gasteiger partial charge in [0.1, 0.15) is 5.58 Å². The van der Waals surface area contributed by atoms with Crippen molar-refractivity contribution < 1.29 is 4.42 Å². The van der Waals surface area contributed by atoms with Crippen molar-refractivity contribution in [3.05, 3.63) is 206 Å². The average molecular weight is 690 g/mol. The van der Waals surface area contributed by atoms with Crippen LogP contribution in [-0.4, -0.2) is 0 Å². The van der Waals surface area contributed by atoms with Crippen LogP contribution in [0.1, 0.15) is 5.56 Å². The normalized spacial score (nSPS) is 11.7. The first-order chi connectivity index (χ1) is 26.7. The average Bonchev–Trinajstić information content (AvgIpc) is 3.62. The highest BCUT2D eigenvalue weighted by Gasteiger charge is 2.20. The maximum atomic E-state index is 6.62. The highest BCUT2D eigenvalue weighted by molar-refractivity contribution is 6.14. The van der Waals surface area contributed by atoms with Crippen LogP contribution in [0.3, 0.4) is 0 Å². The van der Waals surface area contributed by atoms with Crippen LogP contribution in [0.2, 0.25) is 0 Å². The quantitative estimate of drug-likeness (QED) is 0.122. The van der Waals surface area contributed by atoms with Crippen molar-refractivity contribution in [1.82, 2.24) is 0 Å². The molecule has 0 saturated carbocycles.